The molecule has 0 saturated carbocycles. The van der Waals surface area contributed by atoms with Crippen molar-refractivity contribution in [2.24, 2.45) is 0 Å². The molecule has 0 amide bonds. The minimum Gasteiger partial charge on any atom is -1.00 e. The molecule has 0 bridgehead atoms. The minimum absolute atomic E-state index is 0. The smallest absolute Gasteiger partial charge is 0.387 e. The zero-order valence-corrected chi connectivity index (χ0v) is 52.9. The van der Waals surface area contributed by atoms with Crippen molar-refractivity contribution in [1.29, 1.82) is 37.7 Å². The minimum atomic E-state index is -2.92. The van der Waals surface area contributed by atoms with Crippen molar-refractivity contribution in [3.8, 4) is 0 Å². The first-order chi connectivity index (χ1) is 34.9. The number of halogens is 11. The van der Waals surface area contributed by atoms with Gasteiger partial charge in [0.05, 0.1) is 0 Å². The molecule has 7 aromatic rings. The van der Waals surface area contributed by atoms with Crippen molar-refractivity contribution in [2.75, 3.05) is 0 Å². The van der Waals surface area contributed by atoms with Crippen LogP contribution >= 0.6 is 112 Å². The highest BCUT2D eigenvalue weighted by atomic mass is 79.9. The lowest BCUT2D eigenvalue weighted by molar-refractivity contribution is -0.479. The Morgan fingerprint density at radius 2 is 0.346 bits per heavy atom. The van der Waals surface area contributed by atoms with Crippen LogP contribution in [0.2, 0.25) is 0 Å². The number of aryl methyl sites for hydroxylation is 7. The van der Waals surface area contributed by atoms with Crippen molar-refractivity contribution < 1.29 is 33.9 Å². The molecule has 0 unspecified atom stereocenters. The molecule has 0 saturated heterocycles. The Hall–Kier alpha value is -6.50. The highest BCUT2D eigenvalue weighted by Crippen LogP contribution is 2.27. The normalized spacial score (nSPS) is 8.33. The molecule has 0 aliphatic heterocycles. The lowest BCUT2D eigenvalue weighted by atomic mass is 10.2. The number of hydrogen-bond acceptors (Lipinski definition) is 10. The molecular formula is C49H42BBr7F4N14O3. The van der Waals surface area contributed by atoms with Crippen LogP contribution in [0.5, 0.6) is 0 Å². The summed E-state index contributed by atoms with van der Waals surface area (Å²) in [6.45, 7) is 13.2. The molecule has 0 radical (unpaired) electrons. The Kier molecular flexibility index (Phi) is 45.8. The van der Waals surface area contributed by atoms with Crippen molar-refractivity contribution in [3.63, 3.8) is 0 Å². The maximum absolute atomic E-state index is 8.42. The van der Waals surface area contributed by atoms with Crippen LogP contribution in [0.3, 0.4) is 0 Å². The van der Waals surface area contributed by atoms with Gasteiger partial charge in [0.15, 0.2) is 34.8 Å². The van der Waals surface area contributed by atoms with Gasteiger partial charge in [-0.05, 0) is 133 Å². The van der Waals surface area contributed by atoms with Gasteiger partial charge < -0.3 is 33.9 Å². The summed E-state index contributed by atoms with van der Waals surface area (Å²) in [5.41, 5.74) is 11.0. The third-order valence-electron chi connectivity index (χ3n) is 8.87. The van der Waals surface area contributed by atoms with Crippen LogP contribution in [0.4, 0.5) is 39.8 Å². The van der Waals surface area contributed by atoms with Crippen LogP contribution in [-0.4, -0.2) is 7.32 Å². The number of hydrogen-bond donors (Lipinski definition) is 0. The van der Waals surface area contributed by atoms with E-state index in [4.69, 9.17) is 52.8 Å². The third-order valence-corrected chi connectivity index (χ3v) is 12.3. The molecule has 406 valence electrons. The first kappa shape index (κ1) is 80.4. The summed E-state index contributed by atoms with van der Waals surface area (Å²) in [4.78, 5) is 21.6. The van der Waals surface area contributed by atoms with Gasteiger partial charge in [-0.2, -0.15) is 0 Å². The molecule has 78 heavy (non-hydrogen) atoms. The largest absolute Gasteiger partial charge is 1.00 e. The standard InChI is InChI=1S/7C7H6BrN2.BO3.4FH/c7*1-5-4-6(8)2-3-7(5)10-9;2-1(3)4;;;;/h7*2-4H,1H3;;4*1H/q7*+1;-3;;;;/p-4. The van der Waals surface area contributed by atoms with Crippen LogP contribution in [0.15, 0.2) is 159 Å². The van der Waals surface area contributed by atoms with E-state index < -0.39 is 7.32 Å². The van der Waals surface area contributed by atoms with E-state index >= 15 is 0 Å². The van der Waals surface area contributed by atoms with E-state index in [0.29, 0.717) is 39.8 Å². The van der Waals surface area contributed by atoms with Gasteiger partial charge in [-0.1, -0.05) is 112 Å². The summed E-state index contributed by atoms with van der Waals surface area (Å²) in [7, 11) is -2.92. The molecule has 0 spiro atoms. The summed E-state index contributed by atoms with van der Waals surface area (Å²) < 4.78 is 6.98. The quantitative estimate of drug-likeness (QED) is 0.0874. The van der Waals surface area contributed by atoms with Gasteiger partial charge in [0, 0.05) is 113 Å². The lowest BCUT2D eigenvalue weighted by Crippen LogP contribution is -3.00. The summed E-state index contributed by atoms with van der Waals surface area (Å²) in [6.07, 6.45) is 0. The number of benzene rings is 7. The van der Waals surface area contributed by atoms with Gasteiger partial charge in [0.1, 0.15) is 0 Å². The SMILES string of the molecule is Cc1cc(Br)ccc1[N+]#N.Cc1cc(Br)ccc1[N+]#N.Cc1cc(Br)ccc1[N+]#N.Cc1cc(Br)ccc1[N+]#N.Cc1cc(Br)ccc1[N+]#N.Cc1cc(Br)ccc1[N+]#N.Cc1cc(Br)ccc1[N+]#N.[F-].[F-].[F-].[F-].[O-]B([O-])[O-]. The monoisotopic (exact) mass is 1510 g/mol. The van der Waals surface area contributed by atoms with E-state index in [0.717, 1.165) is 70.3 Å². The highest BCUT2D eigenvalue weighted by molar-refractivity contribution is 9.11. The molecule has 7 rings (SSSR count). The maximum atomic E-state index is 8.42. The summed E-state index contributed by atoms with van der Waals surface area (Å²) in [5, 5.41) is 84.2. The predicted octanol–water partition coefficient (Wildman–Crippen LogP) is 6.76. The van der Waals surface area contributed by atoms with E-state index in [-0.39, 0.29) is 18.8 Å². The first-order valence-corrected chi connectivity index (χ1v) is 26.2. The van der Waals surface area contributed by atoms with Crippen LogP contribution in [-0.2, 0) is 0 Å². The number of nitrogens with zero attached hydrogens (tertiary/aromatic N) is 14. The second-order valence-corrected chi connectivity index (χ2v) is 20.9. The maximum Gasteiger partial charge on any atom is 0.387 e. The predicted molar refractivity (Wildman–Crippen MR) is 311 cm³/mol. The molecule has 17 nitrogen and oxygen atoms in total. The average molecular weight is 1520 g/mol. The second-order valence-electron chi connectivity index (χ2n) is 14.5. The number of diazo groups is 7. The molecule has 0 atom stereocenters. The molecular weight excluding hydrogens is 1480 g/mol. The zero-order chi connectivity index (χ0) is 56.5. The molecule has 0 fully saturated rings. The topological polar surface area (TPSA) is 266 Å². The molecule has 29 heteroatoms. The molecule has 7 aromatic carbocycles. The molecule has 0 aliphatic rings. The fourth-order valence-corrected chi connectivity index (χ4v) is 8.45. The van der Waals surface area contributed by atoms with Crippen molar-refractivity contribution in [3.05, 3.63) is 232 Å². The van der Waals surface area contributed by atoms with E-state index in [2.05, 4.69) is 146 Å². The van der Waals surface area contributed by atoms with E-state index in [1.807, 2.05) is 133 Å². The fourth-order valence-electron chi connectivity index (χ4n) is 5.12. The van der Waals surface area contributed by atoms with Crippen LogP contribution in [0, 0.1) is 86.2 Å². The Bertz CT molecular complexity index is 2720. The lowest BCUT2D eigenvalue weighted by Gasteiger charge is -2.35. The summed E-state index contributed by atoms with van der Waals surface area (Å²) >= 11 is 23.1. The zero-order valence-electron chi connectivity index (χ0n) is 41.8. The average Bonchev–Trinajstić information content (AvgIpc) is 3.33. The second kappa shape index (κ2) is 44.5. The van der Waals surface area contributed by atoms with Gasteiger partial charge in [-0.15, -0.1) is 0 Å². The van der Waals surface area contributed by atoms with Crippen molar-refractivity contribution in [2.45, 2.75) is 48.5 Å². The summed E-state index contributed by atoms with van der Waals surface area (Å²) in [5.74, 6) is 0. The van der Waals surface area contributed by atoms with Gasteiger partial charge in [0.2, 0.25) is 37.7 Å². The fraction of sp³-hybridized carbons (Fsp3) is 0.143. The molecule has 0 heterocycles. The van der Waals surface area contributed by atoms with Crippen LogP contribution < -0.4 is 33.9 Å². The Balaban J connectivity index is -0.000000260. The van der Waals surface area contributed by atoms with Crippen LogP contribution in [0.1, 0.15) is 38.9 Å². The van der Waals surface area contributed by atoms with Gasteiger partial charge in [-0.3, -0.25) is 7.32 Å². The van der Waals surface area contributed by atoms with Gasteiger partial charge in [0.25, 0.3) is 0 Å². The van der Waals surface area contributed by atoms with E-state index in [1.165, 1.54) is 0 Å². The van der Waals surface area contributed by atoms with Crippen molar-refractivity contribution in [1.82, 2.24) is 0 Å². The summed E-state index contributed by atoms with van der Waals surface area (Å²) in [6, 6.07) is 38.4. The van der Waals surface area contributed by atoms with Gasteiger partial charge >= 0.3 is 39.8 Å². The molecule has 0 aromatic heterocycles. The Morgan fingerprint density at radius 3 is 0.410 bits per heavy atom. The molecule has 0 N–H and O–H groups in total. The Labute approximate surface area is 506 Å². The highest BCUT2D eigenvalue weighted by Gasteiger charge is 2.12. The van der Waals surface area contributed by atoms with E-state index in [9.17, 15) is 0 Å². The van der Waals surface area contributed by atoms with Crippen LogP contribution in [0.25, 0.3) is 34.8 Å². The first-order valence-electron chi connectivity index (χ1n) is 20.7. The van der Waals surface area contributed by atoms with Gasteiger partial charge in [-0.25, -0.2) is 0 Å². The number of rotatable bonds is 0. The van der Waals surface area contributed by atoms with Crippen molar-refractivity contribution >= 4 is 159 Å². The molecule has 0 aliphatic carbocycles. The van der Waals surface area contributed by atoms with E-state index in [1.54, 1.807) is 42.5 Å². The third kappa shape index (κ3) is 33.6. The Morgan fingerprint density at radius 1 is 0.256 bits per heavy atom.